The molecule has 142 valence electrons. The summed E-state index contributed by atoms with van der Waals surface area (Å²) in [4.78, 5) is 21.7. The Kier molecular flexibility index (Phi) is 7.18. The molecular weight excluding hydrogens is 338 g/mol. The summed E-state index contributed by atoms with van der Waals surface area (Å²) in [7, 11) is 3.46. The monoisotopic (exact) mass is 365 g/mol. The van der Waals surface area contributed by atoms with Crippen LogP contribution in [0.2, 0.25) is 0 Å². The van der Waals surface area contributed by atoms with Crippen molar-refractivity contribution >= 4 is 12.0 Å². The lowest BCUT2D eigenvalue weighted by Gasteiger charge is -2.17. The molecule has 0 spiro atoms. The third-order valence-corrected chi connectivity index (χ3v) is 3.69. The normalized spacial score (nSPS) is 11.3. The Morgan fingerprint density at radius 1 is 1.04 bits per heavy atom. The molecule has 0 saturated carbocycles. The van der Waals surface area contributed by atoms with E-state index in [2.05, 4.69) is 32.4 Å². The molecule has 6 heteroatoms. The van der Waals surface area contributed by atoms with Gasteiger partial charge in [0.15, 0.2) is 0 Å². The van der Waals surface area contributed by atoms with Crippen LogP contribution in [-0.2, 0) is 6.42 Å². The standard InChI is InChI=1S/C21H27N5O/c1-15(2)24-20-22-13-19(14-23-20)11-8-17-6-9-18(10-7-17)12-16(3)25-21(27)26(4)5/h6-7,9-10,13-16H,12H2,1-5H3,(H,25,27)(H,22,23,24). The van der Waals surface area contributed by atoms with Crippen LogP contribution in [0.25, 0.3) is 0 Å². The third kappa shape index (κ3) is 6.98. The predicted molar refractivity (Wildman–Crippen MR) is 109 cm³/mol. The zero-order valence-electron chi connectivity index (χ0n) is 16.6. The highest BCUT2D eigenvalue weighted by Gasteiger charge is 2.09. The van der Waals surface area contributed by atoms with Gasteiger partial charge < -0.3 is 15.5 Å². The Balaban J connectivity index is 1.94. The molecule has 2 N–H and O–H groups in total. The lowest BCUT2D eigenvalue weighted by molar-refractivity contribution is 0.214. The second kappa shape index (κ2) is 9.58. The number of carbonyl (C=O) groups is 1. The summed E-state index contributed by atoms with van der Waals surface area (Å²) in [6.07, 6.45) is 4.20. The number of hydrogen-bond donors (Lipinski definition) is 2. The number of urea groups is 1. The SMILES string of the molecule is CC(C)Nc1ncc(C#Cc2ccc(CC(C)NC(=O)N(C)C)cc2)cn1. The van der Waals surface area contributed by atoms with Crippen LogP contribution in [0.4, 0.5) is 10.7 Å². The molecule has 0 saturated heterocycles. The summed E-state index contributed by atoms with van der Waals surface area (Å²) in [5.41, 5.74) is 2.85. The van der Waals surface area contributed by atoms with Gasteiger partial charge in [0.05, 0.1) is 5.56 Å². The summed E-state index contributed by atoms with van der Waals surface area (Å²) in [6, 6.07) is 8.31. The van der Waals surface area contributed by atoms with Gasteiger partial charge >= 0.3 is 6.03 Å². The van der Waals surface area contributed by atoms with E-state index in [1.54, 1.807) is 26.5 Å². The Hall–Kier alpha value is -3.07. The number of carbonyl (C=O) groups excluding carboxylic acids is 1. The Bertz CT molecular complexity index is 801. The number of rotatable bonds is 5. The van der Waals surface area contributed by atoms with E-state index in [1.807, 2.05) is 45.0 Å². The summed E-state index contributed by atoms with van der Waals surface area (Å²) in [6.45, 7) is 6.07. The molecule has 6 nitrogen and oxygen atoms in total. The molecule has 0 fully saturated rings. The lowest BCUT2D eigenvalue weighted by Crippen LogP contribution is -2.40. The van der Waals surface area contributed by atoms with Crippen LogP contribution in [0, 0.1) is 11.8 Å². The average Bonchev–Trinajstić information content (AvgIpc) is 2.61. The van der Waals surface area contributed by atoms with Crippen LogP contribution in [0.3, 0.4) is 0 Å². The molecule has 2 amide bonds. The van der Waals surface area contributed by atoms with Gasteiger partial charge in [-0.25, -0.2) is 14.8 Å². The fraction of sp³-hybridized carbons (Fsp3) is 0.381. The number of nitrogens with one attached hydrogen (secondary N) is 2. The molecule has 27 heavy (non-hydrogen) atoms. The molecule has 2 aromatic rings. The quantitative estimate of drug-likeness (QED) is 0.800. The number of anilines is 1. The fourth-order valence-corrected chi connectivity index (χ4v) is 2.34. The van der Waals surface area contributed by atoms with Gasteiger partial charge in [-0.1, -0.05) is 24.0 Å². The summed E-state index contributed by atoms with van der Waals surface area (Å²) in [5, 5.41) is 6.09. The molecule has 2 rings (SSSR count). The Morgan fingerprint density at radius 3 is 2.19 bits per heavy atom. The molecule has 1 aromatic carbocycles. The van der Waals surface area contributed by atoms with Crippen molar-refractivity contribution in [3.63, 3.8) is 0 Å². The highest BCUT2D eigenvalue weighted by Crippen LogP contribution is 2.07. The minimum Gasteiger partial charge on any atom is -0.352 e. The Morgan fingerprint density at radius 2 is 1.63 bits per heavy atom. The maximum absolute atomic E-state index is 11.7. The molecule has 0 aliphatic heterocycles. The molecular formula is C21H27N5O. The van der Waals surface area contributed by atoms with Crippen molar-refractivity contribution < 1.29 is 4.79 Å². The minimum atomic E-state index is -0.0816. The zero-order valence-corrected chi connectivity index (χ0v) is 16.6. The number of aromatic nitrogens is 2. The van der Waals surface area contributed by atoms with Gasteiger partial charge in [0.25, 0.3) is 0 Å². The summed E-state index contributed by atoms with van der Waals surface area (Å²) < 4.78 is 0. The number of nitrogens with zero attached hydrogens (tertiary/aromatic N) is 3. The van der Waals surface area contributed by atoms with Crippen molar-refractivity contribution in [3.8, 4) is 11.8 Å². The number of benzene rings is 1. The van der Waals surface area contributed by atoms with E-state index in [-0.39, 0.29) is 12.1 Å². The molecule has 0 aliphatic carbocycles. The first kappa shape index (κ1) is 20.2. The van der Waals surface area contributed by atoms with Crippen molar-refractivity contribution in [1.29, 1.82) is 0 Å². The second-order valence-corrected chi connectivity index (χ2v) is 6.99. The highest BCUT2D eigenvalue weighted by molar-refractivity contribution is 5.73. The van der Waals surface area contributed by atoms with Gasteiger partial charge in [0.2, 0.25) is 5.95 Å². The van der Waals surface area contributed by atoms with Crippen molar-refractivity contribution in [1.82, 2.24) is 20.2 Å². The Labute approximate surface area is 161 Å². The van der Waals surface area contributed by atoms with Crippen LogP contribution in [0.15, 0.2) is 36.7 Å². The lowest BCUT2D eigenvalue weighted by atomic mass is 10.1. The van der Waals surface area contributed by atoms with Gasteiger partial charge in [-0.15, -0.1) is 0 Å². The smallest absolute Gasteiger partial charge is 0.317 e. The van der Waals surface area contributed by atoms with Crippen molar-refractivity contribution in [2.24, 2.45) is 0 Å². The molecule has 0 radical (unpaired) electrons. The second-order valence-electron chi connectivity index (χ2n) is 6.99. The first-order valence-electron chi connectivity index (χ1n) is 9.01. The van der Waals surface area contributed by atoms with Crippen LogP contribution in [-0.4, -0.2) is 47.1 Å². The van der Waals surface area contributed by atoms with Gasteiger partial charge in [0, 0.05) is 44.1 Å². The van der Waals surface area contributed by atoms with Crippen molar-refractivity contribution in [2.75, 3.05) is 19.4 Å². The van der Waals surface area contributed by atoms with Gasteiger partial charge in [-0.3, -0.25) is 0 Å². The third-order valence-electron chi connectivity index (χ3n) is 3.69. The molecule has 1 aromatic heterocycles. The van der Waals surface area contributed by atoms with Crippen molar-refractivity contribution in [2.45, 2.75) is 39.3 Å². The van der Waals surface area contributed by atoms with Crippen LogP contribution >= 0.6 is 0 Å². The van der Waals surface area contributed by atoms with Crippen LogP contribution in [0.5, 0.6) is 0 Å². The first-order chi connectivity index (χ1) is 12.8. The van der Waals surface area contributed by atoms with Crippen molar-refractivity contribution in [3.05, 3.63) is 53.3 Å². The average molecular weight is 365 g/mol. The minimum absolute atomic E-state index is 0.0620. The summed E-state index contributed by atoms with van der Waals surface area (Å²) in [5.74, 6) is 6.80. The topological polar surface area (TPSA) is 70.2 Å². The van der Waals surface area contributed by atoms with E-state index in [1.165, 1.54) is 4.90 Å². The molecule has 1 heterocycles. The van der Waals surface area contributed by atoms with E-state index in [0.29, 0.717) is 12.0 Å². The maximum Gasteiger partial charge on any atom is 0.317 e. The summed E-state index contributed by atoms with van der Waals surface area (Å²) >= 11 is 0. The molecule has 0 bridgehead atoms. The van der Waals surface area contributed by atoms with E-state index in [4.69, 9.17) is 0 Å². The largest absolute Gasteiger partial charge is 0.352 e. The number of amides is 2. The number of hydrogen-bond acceptors (Lipinski definition) is 4. The van der Waals surface area contributed by atoms with Crippen LogP contribution < -0.4 is 10.6 Å². The van der Waals surface area contributed by atoms with E-state index < -0.39 is 0 Å². The molecule has 0 aliphatic rings. The molecule has 1 atom stereocenters. The predicted octanol–water partition coefficient (Wildman–Crippen LogP) is 2.90. The fourth-order valence-electron chi connectivity index (χ4n) is 2.34. The van der Waals surface area contributed by atoms with Gasteiger partial charge in [-0.2, -0.15) is 0 Å². The first-order valence-corrected chi connectivity index (χ1v) is 9.01. The zero-order chi connectivity index (χ0) is 19.8. The van der Waals surface area contributed by atoms with Gasteiger partial charge in [0.1, 0.15) is 0 Å². The van der Waals surface area contributed by atoms with E-state index >= 15 is 0 Å². The van der Waals surface area contributed by atoms with Gasteiger partial charge in [-0.05, 0) is 44.9 Å². The van der Waals surface area contributed by atoms with E-state index in [9.17, 15) is 4.79 Å². The maximum atomic E-state index is 11.7. The molecule has 1 unspecified atom stereocenters. The highest BCUT2D eigenvalue weighted by atomic mass is 16.2. The van der Waals surface area contributed by atoms with Crippen LogP contribution in [0.1, 0.15) is 37.5 Å². The van der Waals surface area contributed by atoms with E-state index in [0.717, 1.165) is 23.1 Å².